The standard InChI is InChI=1S/C23H27N3O5S/c1-5-17-6-9-19(10-7-17)32(29,30)25-21-14-18(23(27)28)8-11-22(21)26(4)13-12-20-15(2)24-31-16(20)3/h6-11,14,25H,5,12-13H2,1-4H3,(H,27,28). The van der Waals surface area contributed by atoms with Crippen LogP contribution in [0.5, 0.6) is 0 Å². The molecule has 170 valence electrons. The van der Waals surface area contributed by atoms with Crippen LogP contribution in [0.15, 0.2) is 51.9 Å². The first-order valence-corrected chi connectivity index (χ1v) is 11.7. The van der Waals surface area contributed by atoms with Crippen molar-refractivity contribution in [2.24, 2.45) is 0 Å². The number of sulfonamides is 1. The van der Waals surface area contributed by atoms with Crippen LogP contribution in [-0.4, -0.2) is 38.2 Å². The summed E-state index contributed by atoms with van der Waals surface area (Å²) in [5.74, 6) is -0.392. The molecule has 3 rings (SSSR count). The predicted octanol–water partition coefficient (Wildman–Crippen LogP) is 4.03. The molecule has 0 atom stereocenters. The average Bonchev–Trinajstić information content (AvgIpc) is 3.09. The second kappa shape index (κ2) is 9.44. The summed E-state index contributed by atoms with van der Waals surface area (Å²) in [7, 11) is -2.08. The fourth-order valence-electron chi connectivity index (χ4n) is 3.45. The van der Waals surface area contributed by atoms with E-state index in [0.29, 0.717) is 18.7 Å². The molecule has 0 aliphatic carbocycles. The number of aromatic nitrogens is 1. The summed E-state index contributed by atoms with van der Waals surface area (Å²) in [6.07, 6.45) is 1.44. The van der Waals surface area contributed by atoms with E-state index < -0.39 is 16.0 Å². The van der Waals surface area contributed by atoms with Crippen molar-refractivity contribution < 1.29 is 22.8 Å². The minimum atomic E-state index is -3.90. The van der Waals surface area contributed by atoms with Crippen LogP contribution in [-0.2, 0) is 22.9 Å². The lowest BCUT2D eigenvalue weighted by molar-refractivity contribution is 0.0697. The van der Waals surface area contributed by atoms with E-state index in [1.165, 1.54) is 12.1 Å². The lowest BCUT2D eigenvalue weighted by atomic mass is 10.1. The highest BCUT2D eigenvalue weighted by Crippen LogP contribution is 2.29. The molecule has 0 saturated heterocycles. The quantitative estimate of drug-likeness (QED) is 0.499. The second-order valence-electron chi connectivity index (χ2n) is 7.61. The van der Waals surface area contributed by atoms with Crippen LogP contribution in [0.3, 0.4) is 0 Å². The topological polar surface area (TPSA) is 113 Å². The van der Waals surface area contributed by atoms with Gasteiger partial charge in [-0.1, -0.05) is 24.2 Å². The van der Waals surface area contributed by atoms with E-state index in [1.807, 2.05) is 32.7 Å². The normalized spacial score (nSPS) is 11.4. The number of carbonyl (C=O) groups is 1. The summed E-state index contributed by atoms with van der Waals surface area (Å²) >= 11 is 0. The predicted molar refractivity (Wildman–Crippen MR) is 123 cm³/mol. The molecule has 0 saturated carbocycles. The highest BCUT2D eigenvalue weighted by molar-refractivity contribution is 7.92. The third-order valence-electron chi connectivity index (χ3n) is 5.42. The van der Waals surface area contributed by atoms with E-state index in [-0.39, 0.29) is 16.1 Å². The number of nitrogens with zero attached hydrogens (tertiary/aromatic N) is 2. The molecule has 0 bridgehead atoms. The van der Waals surface area contributed by atoms with Gasteiger partial charge in [0.1, 0.15) is 5.76 Å². The van der Waals surface area contributed by atoms with Crippen molar-refractivity contribution in [3.8, 4) is 0 Å². The van der Waals surface area contributed by atoms with Gasteiger partial charge in [0, 0.05) is 19.2 Å². The van der Waals surface area contributed by atoms with Gasteiger partial charge >= 0.3 is 5.97 Å². The Balaban J connectivity index is 1.90. The van der Waals surface area contributed by atoms with Crippen molar-refractivity contribution in [1.82, 2.24) is 5.16 Å². The van der Waals surface area contributed by atoms with E-state index in [2.05, 4.69) is 9.88 Å². The number of anilines is 2. The molecule has 0 fully saturated rings. The number of aryl methyl sites for hydroxylation is 3. The number of carboxylic acid groups (broad SMARTS) is 1. The number of aromatic carboxylic acids is 1. The molecule has 8 nitrogen and oxygen atoms in total. The minimum Gasteiger partial charge on any atom is -0.478 e. The lowest BCUT2D eigenvalue weighted by Crippen LogP contribution is -2.23. The Morgan fingerprint density at radius 2 is 1.84 bits per heavy atom. The van der Waals surface area contributed by atoms with Crippen LogP contribution >= 0.6 is 0 Å². The Labute approximate surface area is 187 Å². The lowest BCUT2D eigenvalue weighted by Gasteiger charge is -2.23. The van der Waals surface area contributed by atoms with Crippen LogP contribution in [0.4, 0.5) is 11.4 Å². The molecule has 0 amide bonds. The number of hydrogen-bond acceptors (Lipinski definition) is 6. The molecule has 2 aromatic carbocycles. The van der Waals surface area contributed by atoms with Crippen LogP contribution < -0.4 is 9.62 Å². The smallest absolute Gasteiger partial charge is 0.335 e. The van der Waals surface area contributed by atoms with Gasteiger partial charge in [-0.2, -0.15) is 0 Å². The molecule has 3 aromatic rings. The minimum absolute atomic E-state index is 0.00750. The van der Waals surface area contributed by atoms with Crippen molar-refractivity contribution in [3.63, 3.8) is 0 Å². The van der Waals surface area contributed by atoms with Gasteiger partial charge in [0.2, 0.25) is 0 Å². The third-order valence-corrected chi connectivity index (χ3v) is 6.80. The maximum absolute atomic E-state index is 13.0. The van der Waals surface area contributed by atoms with Crippen molar-refractivity contribution in [2.75, 3.05) is 23.2 Å². The second-order valence-corrected chi connectivity index (χ2v) is 9.30. The summed E-state index contributed by atoms with van der Waals surface area (Å²) in [6, 6.07) is 11.0. The van der Waals surface area contributed by atoms with Gasteiger partial charge in [-0.05, 0) is 62.6 Å². The first-order chi connectivity index (χ1) is 15.1. The molecule has 1 heterocycles. The molecule has 9 heteroatoms. The van der Waals surface area contributed by atoms with Crippen molar-refractivity contribution in [3.05, 3.63) is 70.6 Å². The first-order valence-electron chi connectivity index (χ1n) is 10.2. The number of nitrogens with one attached hydrogen (secondary N) is 1. The van der Waals surface area contributed by atoms with Gasteiger partial charge < -0.3 is 14.5 Å². The van der Waals surface area contributed by atoms with Crippen LogP contribution in [0.2, 0.25) is 0 Å². The summed E-state index contributed by atoms with van der Waals surface area (Å²) in [5.41, 5.74) is 3.59. The number of benzene rings is 2. The highest BCUT2D eigenvalue weighted by atomic mass is 32.2. The summed E-state index contributed by atoms with van der Waals surface area (Å²) in [4.78, 5) is 13.5. The van der Waals surface area contributed by atoms with Gasteiger partial charge in [0.25, 0.3) is 10.0 Å². The number of likely N-dealkylation sites (N-methyl/N-ethyl adjacent to an activating group) is 1. The van der Waals surface area contributed by atoms with E-state index in [1.54, 1.807) is 30.3 Å². The van der Waals surface area contributed by atoms with Crippen LogP contribution in [0.25, 0.3) is 0 Å². The molecule has 0 aliphatic rings. The van der Waals surface area contributed by atoms with E-state index >= 15 is 0 Å². The molecule has 0 unspecified atom stereocenters. The zero-order valence-corrected chi connectivity index (χ0v) is 19.4. The molecule has 32 heavy (non-hydrogen) atoms. The number of carboxylic acids is 1. The number of rotatable bonds is 9. The summed E-state index contributed by atoms with van der Waals surface area (Å²) in [5, 5.41) is 13.4. The third kappa shape index (κ3) is 5.11. The van der Waals surface area contributed by atoms with Gasteiger partial charge in [-0.15, -0.1) is 0 Å². The van der Waals surface area contributed by atoms with Crippen LogP contribution in [0, 0.1) is 13.8 Å². The largest absolute Gasteiger partial charge is 0.478 e. The van der Waals surface area contributed by atoms with Crippen molar-refractivity contribution in [2.45, 2.75) is 38.5 Å². The average molecular weight is 458 g/mol. The van der Waals surface area contributed by atoms with E-state index in [9.17, 15) is 18.3 Å². The summed E-state index contributed by atoms with van der Waals surface area (Å²) < 4.78 is 33.8. The maximum Gasteiger partial charge on any atom is 0.335 e. The zero-order chi connectivity index (χ0) is 23.5. The number of hydrogen-bond donors (Lipinski definition) is 2. The van der Waals surface area contributed by atoms with Crippen molar-refractivity contribution >= 4 is 27.4 Å². The molecule has 0 spiro atoms. The Morgan fingerprint density at radius 1 is 1.16 bits per heavy atom. The molecule has 1 aromatic heterocycles. The molecular formula is C23H27N3O5S. The Bertz CT molecular complexity index is 1200. The molecule has 0 aliphatic heterocycles. The summed E-state index contributed by atoms with van der Waals surface area (Å²) in [6.45, 7) is 6.26. The van der Waals surface area contributed by atoms with Gasteiger partial charge in [-0.25, -0.2) is 13.2 Å². The van der Waals surface area contributed by atoms with Crippen molar-refractivity contribution in [1.29, 1.82) is 0 Å². The fourth-order valence-corrected chi connectivity index (χ4v) is 4.52. The SMILES string of the molecule is CCc1ccc(S(=O)(=O)Nc2cc(C(=O)O)ccc2N(C)CCc2c(C)noc2C)cc1. The van der Waals surface area contributed by atoms with E-state index in [4.69, 9.17) is 4.52 Å². The molecular weight excluding hydrogens is 430 g/mol. The highest BCUT2D eigenvalue weighted by Gasteiger charge is 2.20. The van der Waals surface area contributed by atoms with Gasteiger partial charge in [0.05, 0.1) is 27.5 Å². The van der Waals surface area contributed by atoms with Gasteiger partial charge in [-0.3, -0.25) is 4.72 Å². The van der Waals surface area contributed by atoms with E-state index in [0.717, 1.165) is 29.0 Å². The molecule has 2 N–H and O–H groups in total. The molecule has 0 radical (unpaired) electrons. The first kappa shape index (κ1) is 23.3. The Kier molecular flexibility index (Phi) is 6.88. The fraction of sp³-hybridized carbons (Fsp3) is 0.304. The Morgan fingerprint density at radius 3 is 2.41 bits per heavy atom. The zero-order valence-electron chi connectivity index (χ0n) is 18.5. The Hall–Kier alpha value is -3.33. The van der Waals surface area contributed by atoms with Crippen LogP contribution in [0.1, 0.15) is 39.9 Å². The monoisotopic (exact) mass is 457 g/mol. The maximum atomic E-state index is 13.0. The van der Waals surface area contributed by atoms with Gasteiger partial charge in [0.15, 0.2) is 0 Å².